The third-order valence-corrected chi connectivity index (χ3v) is 3.99. The van der Waals surface area contributed by atoms with E-state index in [9.17, 15) is 0 Å². The first-order valence-electron chi connectivity index (χ1n) is 5.33. The van der Waals surface area contributed by atoms with Gasteiger partial charge < -0.3 is 9.26 Å². The minimum Gasteiger partial charge on any atom is -0.384 e. The quantitative estimate of drug-likeness (QED) is 0.759. The van der Waals surface area contributed by atoms with Crippen molar-refractivity contribution >= 4 is 27.7 Å². The van der Waals surface area contributed by atoms with Gasteiger partial charge in [0.1, 0.15) is 5.03 Å². The van der Waals surface area contributed by atoms with Gasteiger partial charge in [-0.2, -0.15) is 4.98 Å². The van der Waals surface area contributed by atoms with Crippen molar-refractivity contribution in [3.63, 3.8) is 0 Å². The maximum absolute atomic E-state index is 5.14. The van der Waals surface area contributed by atoms with Crippen molar-refractivity contribution in [1.82, 2.24) is 15.1 Å². The van der Waals surface area contributed by atoms with E-state index < -0.39 is 0 Å². The van der Waals surface area contributed by atoms with Crippen molar-refractivity contribution < 1.29 is 9.26 Å². The average molecular weight is 330 g/mol. The second-order valence-corrected chi connectivity index (χ2v) is 5.24. The van der Waals surface area contributed by atoms with Crippen molar-refractivity contribution in [2.75, 3.05) is 13.7 Å². The Labute approximate surface area is 117 Å². The van der Waals surface area contributed by atoms with Crippen LogP contribution in [0, 0.1) is 0 Å². The molecule has 0 spiro atoms. The molecule has 0 aliphatic carbocycles. The molecule has 2 aromatic rings. The molecule has 0 atom stereocenters. The van der Waals surface area contributed by atoms with Crippen molar-refractivity contribution in [2.24, 2.45) is 0 Å². The number of thioether (sulfide) groups is 1. The number of hydrogen-bond acceptors (Lipinski definition) is 6. The van der Waals surface area contributed by atoms with E-state index in [4.69, 9.17) is 9.26 Å². The van der Waals surface area contributed by atoms with Crippen LogP contribution < -0.4 is 0 Å². The highest BCUT2D eigenvalue weighted by Gasteiger charge is 2.08. The van der Waals surface area contributed by atoms with E-state index in [2.05, 4.69) is 31.1 Å². The van der Waals surface area contributed by atoms with Crippen LogP contribution in [0.1, 0.15) is 11.7 Å². The summed E-state index contributed by atoms with van der Waals surface area (Å²) in [6, 6.07) is 3.83. The minimum atomic E-state index is 0.595. The van der Waals surface area contributed by atoms with E-state index in [1.165, 1.54) is 0 Å². The molecule has 2 rings (SSSR count). The lowest BCUT2D eigenvalue weighted by Crippen LogP contribution is -1.96. The summed E-state index contributed by atoms with van der Waals surface area (Å²) < 4.78 is 11.1. The number of aromatic nitrogens is 3. The van der Waals surface area contributed by atoms with Crippen LogP contribution in [0.5, 0.6) is 0 Å². The molecule has 96 valence electrons. The number of pyridine rings is 1. The summed E-state index contributed by atoms with van der Waals surface area (Å²) in [6.45, 7) is 0.595. The van der Waals surface area contributed by atoms with E-state index >= 15 is 0 Å². The van der Waals surface area contributed by atoms with Gasteiger partial charge >= 0.3 is 0 Å². The van der Waals surface area contributed by atoms with Gasteiger partial charge in [0.25, 0.3) is 0 Å². The lowest BCUT2D eigenvalue weighted by atomic mass is 10.4. The van der Waals surface area contributed by atoms with Crippen molar-refractivity contribution in [1.29, 1.82) is 0 Å². The summed E-state index contributed by atoms with van der Waals surface area (Å²) in [7, 11) is 1.65. The Morgan fingerprint density at radius 2 is 2.39 bits per heavy atom. The summed E-state index contributed by atoms with van der Waals surface area (Å²) in [4.78, 5) is 8.53. The van der Waals surface area contributed by atoms with Crippen LogP contribution in [0.4, 0.5) is 0 Å². The predicted octanol–water partition coefficient (Wildman–Crippen LogP) is 2.71. The summed E-state index contributed by atoms with van der Waals surface area (Å²) >= 11 is 4.99. The third-order valence-electron chi connectivity index (χ3n) is 2.10. The summed E-state index contributed by atoms with van der Waals surface area (Å²) in [5.74, 6) is 1.88. The average Bonchev–Trinajstić information content (AvgIpc) is 2.83. The van der Waals surface area contributed by atoms with Gasteiger partial charge in [-0.3, -0.25) is 0 Å². The van der Waals surface area contributed by atoms with Gasteiger partial charge in [0, 0.05) is 24.2 Å². The summed E-state index contributed by atoms with van der Waals surface area (Å²) in [5, 5.41) is 4.79. The normalized spacial score (nSPS) is 10.8. The van der Waals surface area contributed by atoms with E-state index in [1.54, 1.807) is 25.1 Å². The maximum atomic E-state index is 5.14. The Hall–Kier alpha value is -0.920. The second kappa shape index (κ2) is 6.86. The van der Waals surface area contributed by atoms with Crippen molar-refractivity contribution in [2.45, 2.75) is 17.2 Å². The van der Waals surface area contributed by atoms with E-state index in [0.717, 1.165) is 9.50 Å². The molecule has 0 aromatic carbocycles. The van der Waals surface area contributed by atoms with Crippen molar-refractivity contribution in [3.05, 3.63) is 34.5 Å². The SMILES string of the molecule is COCCc1noc(CSc2ncccc2Br)n1. The molecule has 0 radical (unpaired) electrons. The summed E-state index contributed by atoms with van der Waals surface area (Å²) in [6.07, 6.45) is 2.42. The standard InChI is InChI=1S/C11H12BrN3O2S/c1-16-6-4-9-14-10(17-15-9)7-18-11-8(12)3-2-5-13-11/h2-3,5H,4,6-7H2,1H3. The van der Waals surface area contributed by atoms with Gasteiger partial charge in [-0.15, -0.1) is 0 Å². The van der Waals surface area contributed by atoms with Crippen LogP contribution in [0.15, 0.2) is 32.4 Å². The number of nitrogens with zero attached hydrogens (tertiary/aromatic N) is 3. The molecule has 0 aliphatic heterocycles. The molecule has 0 bridgehead atoms. The zero-order valence-electron chi connectivity index (χ0n) is 9.80. The first-order chi connectivity index (χ1) is 8.79. The number of hydrogen-bond donors (Lipinski definition) is 0. The molecule has 18 heavy (non-hydrogen) atoms. The van der Waals surface area contributed by atoms with Gasteiger partial charge in [-0.1, -0.05) is 16.9 Å². The zero-order valence-corrected chi connectivity index (χ0v) is 12.2. The van der Waals surface area contributed by atoms with E-state index in [0.29, 0.717) is 30.5 Å². The molecule has 0 unspecified atom stereocenters. The van der Waals surface area contributed by atoms with Crippen molar-refractivity contribution in [3.8, 4) is 0 Å². The minimum absolute atomic E-state index is 0.595. The van der Waals surface area contributed by atoms with Gasteiger partial charge in [0.05, 0.1) is 12.4 Å². The Bertz CT molecular complexity index is 507. The van der Waals surface area contributed by atoms with Gasteiger partial charge in [-0.25, -0.2) is 4.98 Å². The fourth-order valence-corrected chi connectivity index (χ4v) is 2.57. The molecule has 0 N–H and O–H groups in total. The lowest BCUT2D eigenvalue weighted by molar-refractivity contribution is 0.199. The topological polar surface area (TPSA) is 61.0 Å². The Kier molecular flexibility index (Phi) is 5.15. The first-order valence-corrected chi connectivity index (χ1v) is 7.11. The highest BCUT2D eigenvalue weighted by atomic mass is 79.9. The molecule has 2 heterocycles. The number of methoxy groups -OCH3 is 1. The fourth-order valence-electron chi connectivity index (χ4n) is 1.25. The van der Waals surface area contributed by atoms with E-state index in [1.807, 2.05) is 12.1 Å². The van der Waals surface area contributed by atoms with Crippen LogP contribution in [0.2, 0.25) is 0 Å². The molecule has 0 amide bonds. The van der Waals surface area contributed by atoms with Gasteiger partial charge in [0.2, 0.25) is 5.89 Å². The smallest absolute Gasteiger partial charge is 0.237 e. The first kappa shape index (κ1) is 13.5. The largest absolute Gasteiger partial charge is 0.384 e. The summed E-state index contributed by atoms with van der Waals surface area (Å²) in [5.41, 5.74) is 0. The monoisotopic (exact) mass is 329 g/mol. The number of ether oxygens (including phenoxy) is 1. The lowest BCUT2D eigenvalue weighted by Gasteiger charge is -1.99. The Morgan fingerprint density at radius 3 is 3.17 bits per heavy atom. The molecular weight excluding hydrogens is 318 g/mol. The molecule has 5 nitrogen and oxygen atoms in total. The Morgan fingerprint density at radius 1 is 1.50 bits per heavy atom. The molecular formula is C11H12BrN3O2S. The van der Waals surface area contributed by atoms with E-state index in [-0.39, 0.29) is 0 Å². The van der Waals surface area contributed by atoms with Crippen LogP contribution in [-0.2, 0) is 16.9 Å². The Balaban J connectivity index is 1.90. The number of halogens is 1. The van der Waals surface area contributed by atoms with Gasteiger partial charge in [-0.05, 0) is 28.1 Å². The molecule has 0 aliphatic rings. The molecule has 2 aromatic heterocycles. The fraction of sp³-hybridized carbons (Fsp3) is 0.364. The third kappa shape index (κ3) is 3.79. The highest BCUT2D eigenvalue weighted by molar-refractivity contribution is 9.10. The highest BCUT2D eigenvalue weighted by Crippen LogP contribution is 2.26. The van der Waals surface area contributed by atoms with Crippen LogP contribution in [0.25, 0.3) is 0 Å². The molecule has 0 saturated heterocycles. The van der Waals surface area contributed by atoms with Crippen LogP contribution in [0.3, 0.4) is 0 Å². The molecule has 0 saturated carbocycles. The van der Waals surface area contributed by atoms with Crippen LogP contribution in [-0.4, -0.2) is 28.8 Å². The number of rotatable bonds is 6. The molecule has 7 heteroatoms. The predicted molar refractivity (Wildman–Crippen MR) is 71.4 cm³/mol. The molecule has 0 fully saturated rings. The maximum Gasteiger partial charge on any atom is 0.237 e. The second-order valence-electron chi connectivity index (χ2n) is 3.43. The zero-order chi connectivity index (χ0) is 12.8. The van der Waals surface area contributed by atoms with Gasteiger partial charge in [0.15, 0.2) is 5.82 Å². The van der Waals surface area contributed by atoms with Crippen LogP contribution >= 0.6 is 27.7 Å².